The van der Waals surface area contributed by atoms with Gasteiger partial charge in [-0.15, -0.1) is 0 Å². The molecule has 4 rings (SSSR count). The van der Waals surface area contributed by atoms with Gasteiger partial charge in [0.1, 0.15) is 0 Å². The van der Waals surface area contributed by atoms with E-state index in [1.54, 1.807) is 0 Å². The number of guanidine groups is 1. The van der Waals surface area contributed by atoms with E-state index in [0.717, 1.165) is 25.5 Å². The van der Waals surface area contributed by atoms with E-state index in [4.69, 9.17) is 4.99 Å². The lowest BCUT2D eigenvalue weighted by Gasteiger charge is -2.33. The molecule has 0 radical (unpaired) electrons. The Balaban J connectivity index is 1.66. The van der Waals surface area contributed by atoms with Gasteiger partial charge < -0.3 is 14.9 Å². The van der Waals surface area contributed by atoms with Crippen molar-refractivity contribution in [1.29, 1.82) is 0 Å². The Labute approximate surface area is 191 Å². The van der Waals surface area contributed by atoms with Crippen molar-refractivity contribution < 1.29 is 5.11 Å². The van der Waals surface area contributed by atoms with E-state index in [1.807, 2.05) is 18.2 Å². The third kappa shape index (κ3) is 5.03. The van der Waals surface area contributed by atoms with Crippen LogP contribution in [0.2, 0.25) is 0 Å². The number of aliphatic hydroxyl groups is 1. The molecule has 4 heteroatoms. The molecule has 1 aliphatic heterocycles. The molecule has 0 amide bonds. The summed E-state index contributed by atoms with van der Waals surface area (Å²) in [7, 11) is 0. The molecule has 0 aliphatic carbocycles. The summed E-state index contributed by atoms with van der Waals surface area (Å²) < 4.78 is 0. The zero-order valence-corrected chi connectivity index (χ0v) is 19.0. The van der Waals surface area contributed by atoms with Crippen LogP contribution < -0.4 is 0 Å². The molecule has 0 spiro atoms. The second-order valence-electron chi connectivity index (χ2n) is 8.52. The molecular formula is C28H33N3O. The van der Waals surface area contributed by atoms with Gasteiger partial charge in [0.2, 0.25) is 0 Å². The van der Waals surface area contributed by atoms with E-state index < -0.39 is 0 Å². The first kappa shape index (κ1) is 22.1. The summed E-state index contributed by atoms with van der Waals surface area (Å²) in [5.74, 6) is 0.979. The number of aliphatic hydroxyl groups excluding tert-OH is 1. The normalized spacial score (nSPS) is 16.7. The lowest BCUT2D eigenvalue weighted by molar-refractivity contribution is 0.261. The first-order valence-electron chi connectivity index (χ1n) is 11.5. The highest BCUT2D eigenvalue weighted by Crippen LogP contribution is 2.31. The van der Waals surface area contributed by atoms with Gasteiger partial charge in [-0.25, -0.2) is 4.99 Å². The summed E-state index contributed by atoms with van der Waals surface area (Å²) in [5, 5.41) is 10.2. The highest BCUT2D eigenvalue weighted by molar-refractivity contribution is 5.83. The van der Waals surface area contributed by atoms with Crippen LogP contribution in [0, 0.1) is 0 Å². The van der Waals surface area contributed by atoms with Gasteiger partial charge in [-0.2, -0.15) is 0 Å². The van der Waals surface area contributed by atoms with Gasteiger partial charge in [0, 0.05) is 13.1 Å². The Morgan fingerprint density at radius 1 is 0.719 bits per heavy atom. The molecule has 1 aliphatic rings. The summed E-state index contributed by atoms with van der Waals surface area (Å²) in [6, 6.07) is 31.7. The van der Waals surface area contributed by atoms with Crippen LogP contribution in [0.3, 0.4) is 0 Å². The van der Waals surface area contributed by atoms with Crippen molar-refractivity contribution in [3.8, 4) is 0 Å². The summed E-state index contributed by atoms with van der Waals surface area (Å²) >= 11 is 0. The van der Waals surface area contributed by atoms with Crippen LogP contribution in [0.5, 0.6) is 0 Å². The van der Waals surface area contributed by atoms with E-state index in [-0.39, 0.29) is 24.7 Å². The third-order valence-corrected chi connectivity index (χ3v) is 6.42. The lowest BCUT2D eigenvalue weighted by Crippen LogP contribution is -2.38. The number of benzene rings is 3. The quantitative estimate of drug-likeness (QED) is 0.544. The number of nitrogens with zero attached hydrogens (tertiary/aromatic N) is 3. The topological polar surface area (TPSA) is 39.1 Å². The van der Waals surface area contributed by atoms with Crippen molar-refractivity contribution in [1.82, 2.24) is 9.80 Å². The van der Waals surface area contributed by atoms with Crippen molar-refractivity contribution in [3.05, 3.63) is 108 Å². The molecular weight excluding hydrogens is 394 g/mol. The summed E-state index contributed by atoms with van der Waals surface area (Å²) in [4.78, 5) is 9.95. The van der Waals surface area contributed by atoms with E-state index >= 15 is 0 Å². The SMILES string of the molecule is C[C@@H](c1ccccc1)N1CCN([C@@H](C)c2ccccc2)C1=N[C@@H](CO)Cc1ccccc1. The van der Waals surface area contributed by atoms with Crippen molar-refractivity contribution in [2.75, 3.05) is 19.7 Å². The second-order valence-corrected chi connectivity index (χ2v) is 8.52. The second kappa shape index (κ2) is 10.5. The van der Waals surface area contributed by atoms with E-state index in [9.17, 15) is 5.11 Å². The largest absolute Gasteiger partial charge is 0.394 e. The Morgan fingerprint density at radius 3 is 1.59 bits per heavy atom. The Bertz CT molecular complexity index is 935. The van der Waals surface area contributed by atoms with Gasteiger partial charge >= 0.3 is 0 Å². The van der Waals surface area contributed by atoms with Crippen molar-refractivity contribution >= 4 is 5.96 Å². The zero-order valence-electron chi connectivity index (χ0n) is 19.0. The minimum atomic E-state index is -0.179. The maximum absolute atomic E-state index is 10.2. The maximum atomic E-state index is 10.2. The highest BCUT2D eigenvalue weighted by Gasteiger charge is 2.34. The Morgan fingerprint density at radius 2 is 1.16 bits per heavy atom. The fourth-order valence-electron chi connectivity index (χ4n) is 4.49. The van der Waals surface area contributed by atoms with Gasteiger partial charge in [-0.3, -0.25) is 0 Å². The first-order valence-corrected chi connectivity index (χ1v) is 11.5. The first-order chi connectivity index (χ1) is 15.7. The Hall–Kier alpha value is -3.11. The summed E-state index contributed by atoms with van der Waals surface area (Å²) in [5.41, 5.74) is 3.75. The number of aliphatic imine (C=N–C) groups is 1. The van der Waals surface area contributed by atoms with Crippen LogP contribution in [0.4, 0.5) is 0 Å². The zero-order chi connectivity index (χ0) is 22.3. The van der Waals surface area contributed by atoms with Crippen molar-refractivity contribution in [3.63, 3.8) is 0 Å². The van der Waals surface area contributed by atoms with Crippen molar-refractivity contribution in [2.45, 2.75) is 38.4 Å². The molecule has 3 atom stereocenters. The molecule has 0 saturated carbocycles. The van der Waals surface area contributed by atoms with E-state index in [1.165, 1.54) is 16.7 Å². The molecule has 1 fully saturated rings. The number of hydrogen-bond donors (Lipinski definition) is 1. The van der Waals surface area contributed by atoms with Gasteiger partial charge in [-0.05, 0) is 37.0 Å². The van der Waals surface area contributed by atoms with Crippen LogP contribution in [-0.2, 0) is 6.42 Å². The fraction of sp³-hybridized carbons (Fsp3) is 0.321. The maximum Gasteiger partial charge on any atom is 0.198 e. The molecule has 0 unspecified atom stereocenters. The molecule has 1 heterocycles. The highest BCUT2D eigenvalue weighted by atomic mass is 16.3. The van der Waals surface area contributed by atoms with Crippen LogP contribution in [-0.4, -0.2) is 46.6 Å². The van der Waals surface area contributed by atoms with E-state index in [2.05, 4.69) is 96.4 Å². The molecule has 3 aromatic rings. The van der Waals surface area contributed by atoms with Gasteiger partial charge in [-0.1, -0.05) is 91.0 Å². The van der Waals surface area contributed by atoms with Crippen LogP contribution in [0.25, 0.3) is 0 Å². The molecule has 1 saturated heterocycles. The van der Waals surface area contributed by atoms with Gasteiger partial charge in [0.05, 0.1) is 24.7 Å². The van der Waals surface area contributed by atoms with Gasteiger partial charge in [0.15, 0.2) is 5.96 Å². The molecule has 4 nitrogen and oxygen atoms in total. The standard InChI is InChI=1S/C28H33N3O/c1-22(25-14-8-4-9-15-25)30-18-19-31(23(2)26-16-10-5-11-17-26)28(30)29-27(21-32)20-24-12-6-3-7-13-24/h3-17,22-23,27,32H,18-21H2,1-2H3/t22-,23-,27+/m0/s1. The van der Waals surface area contributed by atoms with Crippen molar-refractivity contribution in [2.24, 2.45) is 4.99 Å². The lowest BCUT2D eigenvalue weighted by atomic mass is 10.1. The van der Waals surface area contributed by atoms with Gasteiger partial charge in [0.25, 0.3) is 0 Å². The molecule has 166 valence electrons. The minimum absolute atomic E-state index is 0.0273. The molecule has 3 aromatic carbocycles. The Kier molecular flexibility index (Phi) is 7.23. The van der Waals surface area contributed by atoms with Crippen LogP contribution >= 0.6 is 0 Å². The van der Waals surface area contributed by atoms with Crippen LogP contribution in [0.15, 0.2) is 96.0 Å². The predicted octanol–water partition coefficient (Wildman–Crippen LogP) is 5.09. The molecule has 1 N–H and O–H groups in total. The smallest absolute Gasteiger partial charge is 0.198 e. The van der Waals surface area contributed by atoms with Crippen LogP contribution in [0.1, 0.15) is 42.6 Å². The fourth-order valence-corrected chi connectivity index (χ4v) is 4.49. The summed E-state index contributed by atoms with van der Waals surface area (Å²) in [6.45, 7) is 6.34. The molecule has 0 bridgehead atoms. The molecule has 0 aromatic heterocycles. The molecule has 32 heavy (non-hydrogen) atoms. The predicted molar refractivity (Wildman–Crippen MR) is 132 cm³/mol. The number of hydrogen-bond acceptors (Lipinski definition) is 2. The average molecular weight is 428 g/mol. The minimum Gasteiger partial charge on any atom is -0.394 e. The number of rotatable bonds is 8. The third-order valence-electron chi connectivity index (χ3n) is 6.42. The average Bonchev–Trinajstić information content (AvgIpc) is 3.27. The van der Waals surface area contributed by atoms with E-state index in [0.29, 0.717) is 0 Å². The monoisotopic (exact) mass is 427 g/mol. The summed E-state index contributed by atoms with van der Waals surface area (Å²) in [6.07, 6.45) is 0.724.